The van der Waals surface area contributed by atoms with Crippen LogP contribution in [0.15, 0.2) is 30.3 Å². The number of rotatable bonds is 4. The average Bonchev–Trinajstić information content (AvgIpc) is 2.79. The number of halogens is 3. The Morgan fingerprint density at radius 1 is 1.39 bits per heavy atom. The minimum absolute atomic E-state index is 0.0240. The Morgan fingerprint density at radius 2 is 2.09 bits per heavy atom. The van der Waals surface area contributed by atoms with Gasteiger partial charge in [-0.05, 0) is 30.0 Å². The molecule has 7 nitrogen and oxygen atoms in total. The van der Waals surface area contributed by atoms with Crippen molar-refractivity contribution in [3.8, 4) is 0 Å². The topological polar surface area (TPSA) is 90.1 Å². The van der Waals surface area contributed by atoms with E-state index in [1.807, 2.05) is 0 Å². The maximum Gasteiger partial charge on any atom is 0.416 e. The van der Waals surface area contributed by atoms with Gasteiger partial charge >= 0.3 is 12.0 Å². The maximum absolute atomic E-state index is 12.6. The third-order valence-corrected chi connectivity index (χ3v) is 2.92. The fourth-order valence-electron chi connectivity index (χ4n) is 1.85. The number of nitrogens with one attached hydrogen (secondary N) is 1. The molecule has 23 heavy (non-hydrogen) atoms. The number of carbonyl (C=O) groups is 1. The molecule has 1 amide bonds. The molecule has 10 heteroatoms. The van der Waals surface area contributed by atoms with Gasteiger partial charge in [0.25, 0.3) is 0 Å². The molecule has 0 atom stereocenters. The number of aromatic nitrogens is 2. The molecule has 1 N–H and O–H groups in total. The number of aryl methyl sites for hydroxylation is 1. The van der Waals surface area contributed by atoms with E-state index in [1.54, 1.807) is 0 Å². The molecule has 0 saturated carbocycles. The van der Waals surface area contributed by atoms with Crippen molar-refractivity contribution in [1.82, 2.24) is 9.78 Å². The molecule has 1 aromatic carbocycles. The summed E-state index contributed by atoms with van der Waals surface area (Å²) >= 11 is 0. The lowest BCUT2D eigenvalue weighted by Gasteiger charge is -2.09. The first-order valence-corrected chi connectivity index (χ1v) is 6.33. The molecule has 2 aromatic rings. The number of amides is 1. The zero-order chi connectivity index (χ0) is 17.2. The second-order valence-electron chi connectivity index (χ2n) is 4.69. The van der Waals surface area contributed by atoms with Gasteiger partial charge in [0.1, 0.15) is 6.54 Å². The lowest BCUT2D eigenvalue weighted by atomic mass is 10.2. The molecular formula is C13H11F3N4O3. The van der Waals surface area contributed by atoms with Crippen molar-refractivity contribution in [2.24, 2.45) is 0 Å². The van der Waals surface area contributed by atoms with Gasteiger partial charge in [-0.15, -0.1) is 0 Å². The highest BCUT2D eigenvalue weighted by Gasteiger charge is 2.30. The smallest absolute Gasteiger partial charge is 0.358 e. The number of nitrogens with zero attached hydrogens (tertiary/aromatic N) is 3. The first kappa shape index (κ1) is 16.5. The molecule has 0 radical (unpaired) electrons. The minimum Gasteiger partial charge on any atom is -0.358 e. The standard InChI is InChI=1S/C13H11F3N4O3/c1-8-5-11(20(22)23)18-19(8)7-12(21)17-10-4-2-3-9(6-10)13(14,15)16/h2-6H,7H2,1H3,(H,17,21). The first-order valence-electron chi connectivity index (χ1n) is 6.33. The zero-order valence-electron chi connectivity index (χ0n) is 11.8. The van der Waals surface area contributed by atoms with Crippen LogP contribution < -0.4 is 5.32 Å². The van der Waals surface area contributed by atoms with Crippen molar-refractivity contribution in [3.63, 3.8) is 0 Å². The van der Waals surface area contributed by atoms with Crippen LogP contribution in [0.3, 0.4) is 0 Å². The van der Waals surface area contributed by atoms with Gasteiger partial charge in [-0.25, -0.2) is 0 Å². The predicted molar refractivity (Wildman–Crippen MR) is 73.7 cm³/mol. The average molecular weight is 328 g/mol. The zero-order valence-corrected chi connectivity index (χ0v) is 11.8. The quantitative estimate of drug-likeness (QED) is 0.690. The van der Waals surface area contributed by atoms with Gasteiger partial charge in [0.05, 0.1) is 22.4 Å². The van der Waals surface area contributed by atoms with Crippen LogP contribution in [-0.2, 0) is 17.5 Å². The Hall–Kier alpha value is -2.91. The van der Waals surface area contributed by atoms with Crippen LogP contribution in [0.25, 0.3) is 0 Å². The molecule has 2 rings (SSSR count). The maximum atomic E-state index is 12.6. The highest BCUT2D eigenvalue weighted by Crippen LogP contribution is 2.30. The highest BCUT2D eigenvalue weighted by atomic mass is 19.4. The lowest BCUT2D eigenvalue weighted by Crippen LogP contribution is -2.20. The van der Waals surface area contributed by atoms with Crippen LogP contribution >= 0.6 is 0 Å². The van der Waals surface area contributed by atoms with Crippen LogP contribution in [0.2, 0.25) is 0 Å². The molecule has 0 spiro atoms. The molecule has 1 aromatic heterocycles. The van der Waals surface area contributed by atoms with Crippen molar-refractivity contribution in [2.75, 3.05) is 5.32 Å². The number of hydrogen-bond acceptors (Lipinski definition) is 4. The van der Waals surface area contributed by atoms with Crippen molar-refractivity contribution < 1.29 is 22.9 Å². The first-order chi connectivity index (χ1) is 10.7. The van der Waals surface area contributed by atoms with Gasteiger partial charge in [0, 0.05) is 5.69 Å². The van der Waals surface area contributed by atoms with E-state index < -0.39 is 28.4 Å². The molecule has 0 aliphatic rings. The van der Waals surface area contributed by atoms with E-state index in [-0.39, 0.29) is 12.2 Å². The number of benzene rings is 1. The molecule has 122 valence electrons. The van der Waals surface area contributed by atoms with Crippen molar-refractivity contribution >= 4 is 17.4 Å². The summed E-state index contributed by atoms with van der Waals surface area (Å²) in [7, 11) is 0. The van der Waals surface area contributed by atoms with E-state index in [0.717, 1.165) is 16.8 Å². The van der Waals surface area contributed by atoms with E-state index in [9.17, 15) is 28.1 Å². The van der Waals surface area contributed by atoms with E-state index in [2.05, 4.69) is 10.4 Å². The van der Waals surface area contributed by atoms with Gasteiger partial charge < -0.3 is 15.4 Å². The third kappa shape index (κ3) is 4.05. The van der Waals surface area contributed by atoms with E-state index >= 15 is 0 Å². The summed E-state index contributed by atoms with van der Waals surface area (Å²) in [6.45, 7) is 1.17. The summed E-state index contributed by atoms with van der Waals surface area (Å²) < 4.78 is 38.9. The Labute approximate surface area is 127 Å². The highest BCUT2D eigenvalue weighted by molar-refractivity contribution is 5.90. The Kier molecular flexibility index (Phi) is 4.34. The molecule has 1 heterocycles. The van der Waals surface area contributed by atoms with E-state index in [4.69, 9.17) is 0 Å². The van der Waals surface area contributed by atoms with Crippen molar-refractivity contribution in [1.29, 1.82) is 0 Å². The van der Waals surface area contributed by atoms with Crippen LogP contribution in [0.1, 0.15) is 11.3 Å². The molecule has 0 bridgehead atoms. The molecular weight excluding hydrogens is 317 g/mol. The summed E-state index contributed by atoms with van der Waals surface area (Å²) in [5, 5.41) is 16.5. The van der Waals surface area contributed by atoms with Crippen LogP contribution in [0, 0.1) is 17.0 Å². The third-order valence-electron chi connectivity index (χ3n) is 2.92. The normalized spacial score (nSPS) is 11.3. The van der Waals surface area contributed by atoms with Gasteiger partial charge in [0.15, 0.2) is 0 Å². The summed E-state index contributed by atoms with van der Waals surface area (Å²) in [4.78, 5) is 21.7. The molecule has 0 saturated heterocycles. The van der Waals surface area contributed by atoms with Gasteiger partial charge in [-0.1, -0.05) is 6.07 Å². The summed E-state index contributed by atoms with van der Waals surface area (Å²) in [5.41, 5.74) is -0.527. The summed E-state index contributed by atoms with van der Waals surface area (Å²) in [5.74, 6) is -1.06. The van der Waals surface area contributed by atoms with Crippen molar-refractivity contribution in [2.45, 2.75) is 19.6 Å². The largest absolute Gasteiger partial charge is 0.416 e. The number of carbonyl (C=O) groups excluding carboxylic acids is 1. The molecule has 0 unspecified atom stereocenters. The fourth-order valence-corrected chi connectivity index (χ4v) is 1.85. The fraction of sp³-hybridized carbons (Fsp3) is 0.231. The van der Waals surface area contributed by atoms with E-state index in [1.165, 1.54) is 25.1 Å². The van der Waals surface area contributed by atoms with Crippen LogP contribution in [0.5, 0.6) is 0 Å². The SMILES string of the molecule is Cc1cc([N+](=O)[O-])nn1CC(=O)Nc1cccc(C(F)(F)F)c1. The molecule has 0 aliphatic carbocycles. The minimum atomic E-state index is -4.51. The lowest BCUT2D eigenvalue weighted by molar-refractivity contribution is -0.389. The molecule has 0 fully saturated rings. The predicted octanol–water partition coefficient (Wildman–Crippen LogP) is 2.76. The number of anilines is 1. The number of hydrogen-bond donors (Lipinski definition) is 1. The van der Waals surface area contributed by atoms with E-state index in [0.29, 0.717) is 5.69 Å². The second-order valence-corrected chi connectivity index (χ2v) is 4.69. The van der Waals surface area contributed by atoms with Crippen molar-refractivity contribution in [3.05, 3.63) is 51.7 Å². The summed E-state index contributed by atoms with van der Waals surface area (Å²) in [6, 6.07) is 5.36. The Balaban J connectivity index is 2.10. The Morgan fingerprint density at radius 3 is 2.65 bits per heavy atom. The summed E-state index contributed by atoms with van der Waals surface area (Å²) in [6.07, 6.45) is -4.51. The van der Waals surface area contributed by atoms with Gasteiger partial charge in [0.2, 0.25) is 5.91 Å². The monoisotopic (exact) mass is 328 g/mol. The number of nitro groups is 1. The molecule has 0 aliphatic heterocycles. The Bertz CT molecular complexity index is 755. The van der Waals surface area contributed by atoms with Gasteiger partial charge in [-0.2, -0.15) is 17.9 Å². The van der Waals surface area contributed by atoms with Crippen LogP contribution in [0.4, 0.5) is 24.7 Å². The number of alkyl halides is 3. The van der Waals surface area contributed by atoms with Gasteiger partial charge in [-0.3, -0.25) is 4.79 Å². The van der Waals surface area contributed by atoms with Crippen LogP contribution in [-0.4, -0.2) is 20.6 Å². The second kappa shape index (κ2) is 6.07.